The van der Waals surface area contributed by atoms with Gasteiger partial charge in [0.25, 0.3) is 0 Å². The fraction of sp³-hybridized carbons (Fsp3) is 0.500. The molecule has 0 aromatic heterocycles. The molecular weight excluding hydrogens is 289 g/mol. The second-order valence-electron chi connectivity index (χ2n) is 4.99. The van der Waals surface area contributed by atoms with Crippen LogP contribution in [0, 0.1) is 0 Å². The Balaban J connectivity index is 3.37. The Kier molecular flexibility index (Phi) is 5.09. The quantitative estimate of drug-likeness (QED) is 0.860. The smallest absolute Gasteiger partial charge is 0.416 e. The van der Waals surface area contributed by atoms with Crippen molar-refractivity contribution < 1.29 is 32.5 Å². The molecular formula is C14H17F3O4. The molecule has 1 N–H and O–H groups in total. The zero-order valence-corrected chi connectivity index (χ0v) is 12.1. The number of hydrogen-bond acceptors (Lipinski definition) is 4. The highest BCUT2D eigenvalue weighted by molar-refractivity contribution is 5.95. The maximum atomic E-state index is 12.7. The number of ether oxygens (including phenoxy) is 2. The van der Waals surface area contributed by atoms with Gasteiger partial charge in [0.05, 0.1) is 17.8 Å². The van der Waals surface area contributed by atoms with E-state index in [0.717, 1.165) is 0 Å². The van der Waals surface area contributed by atoms with Crippen molar-refractivity contribution in [3.05, 3.63) is 23.3 Å². The highest BCUT2D eigenvalue weighted by Gasteiger charge is 2.34. The summed E-state index contributed by atoms with van der Waals surface area (Å²) in [5, 5.41) is 9.75. The minimum atomic E-state index is -4.66. The third-order valence-corrected chi connectivity index (χ3v) is 2.32. The van der Waals surface area contributed by atoms with E-state index in [1.54, 1.807) is 27.7 Å². The van der Waals surface area contributed by atoms with E-state index in [0.29, 0.717) is 12.1 Å². The van der Waals surface area contributed by atoms with Gasteiger partial charge in [-0.05, 0) is 39.8 Å². The van der Waals surface area contributed by atoms with Crippen LogP contribution in [0.15, 0.2) is 12.1 Å². The zero-order chi connectivity index (χ0) is 16.4. The number of esters is 1. The minimum absolute atomic E-state index is 0.358. The fourth-order valence-corrected chi connectivity index (χ4v) is 1.59. The van der Waals surface area contributed by atoms with Crippen LogP contribution in [0.5, 0.6) is 11.5 Å². The van der Waals surface area contributed by atoms with Gasteiger partial charge < -0.3 is 14.6 Å². The maximum Gasteiger partial charge on any atom is 0.416 e. The number of carbonyl (C=O) groups is 1. The molecule has 21 heavy (non-hydrogen) atoms. The molecule has 0 saturated carbocycles. The zero-order valence-electron chi connectivity index (χ0n) is 12.1. The lowest BCUT2D eigenvalue weighted by Crippen LogP contribution is -2.16. The van der Waals surface area contributed by atoms with Crippen LogP contribution in [0.4, 0.5) is 13.2 Å². The van der Waals surface area contributed by atoms with E-state index in [2.05, 4.69) is 0 Å². The second-order valence-corrected chi connectivity index (χ2v) is 4.99. The highest BCUT2D eigenvalue weighted by Crippen LogP contribution is 2.38. The van der Waals surface area contributed by atoms with Crippen molar-refractivity contribution in [3.8, 4) is 11.5 Å². The first-order chi connectivity index (χ1) is 9.52. The summed E-state index contributed by atoms with van der Waals surface area (Å²) in [6.07, 6.45) is -5.61. The van der Waals surface area contributed by atoms with E-state index in [-0.39, 0.29) is 5.75 Å². The molecule has 0 fully saturated rings. The number of phenolic OH excluding ortho intramolecular Hbond substituents is 1. The molecule has 0 radical (unpaired) electrons. The summed E-state index contributed by atoms with van der Waals surface area (Å²) in [6.45, 7) is 6.35. The van der Waals surface area contributed by atoms with E-state index in [1.165, 1.54) is 0 Å². The van der Waals surface area contributed by atoms with Gasteiger partial charge in [-0.3, -0.25) is 0 Å². The minimum Gasteiger partial charge on any atom is -0.507 e. The predicted octanol–water partition coefficient (Wildman–Crippen LogP) is 3.76. The number of aromatic hydroxyl groups is 1. The van der Waals surface area contributed by atoms with Crippen LogP contribution in [-0.2, 0) is 10.9 Å². The number of halogens is 3. The van der Waals surface area contributed by atoms with Crippen molar-refractivity contribution in [1.29, 1.82) is 0 Å². The molecule has 0 amide bonds. The van der Waals surface area contributed by atoms with Gasteiger partial charge in [0.15, 0.2) is 0 Å². The molecule has 0 aliphatic heterocycles. The fourth-order valence-electron chi connectivity index (χ4n) is 1.59. The third kappa shape index (κ3) is 4.54. The van der Waals surface area contributed by atoms with Gasteiger partial charge >= 0.3 is 12.1 Å². The molecule has 0 heterocycles. The van der Waals surface area contributed by atoms with Crippen molar-refractivity contribution in [2.75, 3.05) is 0 Å². The Bertz CT molecular complexity index is 522. The van der Waals surface area contributed by atoms with Crippen molar-refractivity contribution >= 4 is 5.97 Å². The van der Waals surface area contributed by atoms with Crippen LogP contribution in [0.1, 0.15) is 43.6 Å². The van der Waals surface area contributed by atoms with Gasteiger partial charge in [-0.1, -0.05) is 0 Å². The summed E-state index contributed by atoms with van der Waals surface area (Å²) in [5.74, 6) is -2.12. The first kappa shape index (κ1) is 17.1. The van der Waals surface area contributed by atoms with E-state index < -0.39 is 41.2 Å². The number of carbonyl (C=O) groups excluding carboxylic acids is 1. The van der Waals surface area contributed by atoms with Crippen molar-refractivity contribution in [3.63, 3.8) is 0 Å². The first-order valence-electron chi connectivity index (χ1n) is 6.34. The summed E-state index contributed by atoms with van der Waals surface area (Å²) in [4.78, 5) is 11.9. The molecule has 1 aromatic carbocycles. The molecule has 1 aromatic rings. The lowest BCUT2D eigenvalue weighted by atomic mass is 10.1. The summed E-state index contributed by atoms with van der Waals surface area (Å²) >= 11 is 0. The lowest BCUT2D eigenvalue weighted by Gasteiger charge is -2.18. The Morgan fingerprint density at radius 2 is 1.71 bits per heavy atom. The molecule has 0 spiro atoms. The molecule has 0 aliphatic rings. The van der Waals surface area contributed by atoms with Gasteiger partial charge in [-0.15, -0.1) is 0 Å². The SMILES string of the molecule is CC(C)OC(=O)c1c(O)cc(C(F)(F)F)cc1OC(C)C. The number of rotatable bonds is 4. The average molecular weight is 306 g/mol. The van der Waals surface area contributed by atoms with Crippen LogP contribution >= 0.6 is 0 Å². The number of alkyl halides is 3. The normalized spacial score (nSPS) is 11.9. The average Bonchev–Trinajstić information content (AvgIpc) is 2.24. The van der Waals surface area contributed by atoms with Gasteiger partial charge in [0, 0.05) is 0 Å². The van der Waals surface area contributed by atoms with E-state index in [4.69, 9.17) is 9.47 Å². The number of phenols is 1. The van der Waals surface area contributed by atoms with Crippen LogP contribution in [0.3, 0.4) is 0 Å². The second kappa shape index (κ2) is 6.24. The molecule has 0 unspecified atom stereocenters. The van der Waals surface area contributed by atoms with Crippen LogP contribution < -0.4 is 4.74 Å². The van der Waals surface area contributed by atoms with Gasteiger partial charge in [0.2, 0.25) is 0 Å². The summed E-state index contributed by atoms with van der Waals surface area (Å²) in [5.41, 5.74) is -1.51. The topological polar surface area (TPSA) is 55.8 Å². The van der Waals surface area contributed by atoms with Crippen LogP contribution in [-0.4, -0.2) is 23.3 Å². The van der Waals surface area contributed by atoms with Crippen LogP contribution in [0.25, 0.3) is 0 Å². The van der Waals surface area contributed by atoms with Crippen molar-refractivity contribution in [2.24, 2.45) is 0 Å². The lowest BCUT2D eigenvalue weighted by molar-refractivity contribution is -0.137. The summed E-state index contributed by atoms with van der Waals surface area (Å²) in [7, 11) is 0. The Labute approximate surface area is 120 Å². The molecule has 0 atom stereocenters. The first-order valence-corrected chi connectivity index (χ1v) is 6.34. The van der Waals surface area contributed by atoms with E-state index in [9.17, 15) is 23.1 Å². The molecule has 4 nitrogen and oxygen atoms in total. The molecule has 0 aliphatic carbocycles. The van der Waals surface area contributed by atoms with E-state index >= 15 is 0 Å². The molecule has 118 valence electrons. The monoisotopic (exact) mass is 306 g/mol. The molecule has 0 bridgehead atoms. The molecule has 7 heteroatoms. The Hall–Kier alpha value is -1.92. The number of benzene rings is 1. The largest absolute Gasteiger partial charge is 0.507 e. The summed E-state index contributed by atoms with van der Waals surface area (Å²) < 4.78 is 48.3. The van der Waals surface area contributed by atoms with Gasteiger partial charge in [-0.2, -0.15) is 13.2 Å². The maximum absolute atomic E-state index is 12.7. The number of hydrogen-bond donors (Lipinski definition) is 1. The Morgan fingerprint density at radius 1 is 1.14 bits per heavy atom. The van der Waals surface area contributed by atoms with Crippen molar-refractivity contribution in [2.45, 2.75) is 46.1 Å². The third-order valence-electron chi connectivity index (χ3n) is 2.32. The van der Waals surface area contributed by atoms with Crippen LogP contribution in [0.2, 0.25) is 0 Å². The van der Waals surface area contributed by atoms with E-state index in [1.807, 2.05) is 0 Å². The van der Waals surface area contributed by atoms with Gasteiger partial charge in [-0.25, -0.2) is 4.79 Å². The summed E-state index contributed by atoms with van der Waals surface area (Å²) in [6, 6.07) is 1.15. The Morgan fingerprint density at radius 3 is 2.14 bits per heavy atom. The van der Waals surface area contributed by atoms with Crippen molar-refractivity contribution in [1.82, 2.24) is 0 Å². The highest BCUT2D eigenvalue weighted by atomic mass is 19.4. The van der Waals surface area contributed by atoms with Gasteiger partial charge in [0.1, 0.15) is 17.1 Å². The molecule has 0 saturated heterocycles. The predicted molar refractivity (Wildman–Crippen MR) is 69.4 cm³/mol. The standard InChI is InChI=1S/C14H17F3O4/c1-7(2)20-11-6-9(14(15,16)17)5-10(18)12(11)13(19)21-8(3)4/h5-8,18H,1-4H3. The molecule has 1 rings (SSSR count).